The van der Waals surface area contributed by atoms with Crippen LogP contribution in [0.25, 0.3) is 0 Å². The average molecular weight is 326 g/mol. The molecule has 0 saturated heterocycles. The highest BCUT2D eigenvalue weighted by Crippen LogP contribution is 2.28. The molecule has 1 heterocycles. The minimum atomic E-state index is -0.282. The summed E-state index contributed by atoms with van der Waals surface area (Å²) in [5.41, 5.74) is 4.71. The number of fused-ring (bicyclic) bond motifs is 1. The number of anilines is 1. The maximum Gasteiger partial charge on any atom is 0.348 e. The van der Waals surface area contributed by atoms with Gasteiger partial charge in [0.05, 0.1) is 0 Å². The van der Waals surface area contributed by atoms with E-state index in [4.69, 9.17) is 0 Å². The van der Waals surface area contributed by atoms with Crippen molar-refractivity contribution in [3.05, 3.63) is 57.3 Å². The molecular weight excluding hydrogens is 304 g/mol. The molecule has 0 fully saturated rings. The molecule has 0 aliphatic heterocycles. The second-order valence-electron chi connectivity index (χ2n) is 6.15. The first-order chi connectivity index (χ1) is 11.5. The van der Waals surface area contributed by atoms with Crippen LogP contribution in [0.5, 0.6) is 0 Å². The van der Waals surface area contributed by atoms with Crippen molar-refractivity contribution in [3.63, 3.8) is 0 Å². The van der Waals surface area contributed by atoms with Crippen molar-refractivity contribution in [1.29, 1.82) is 0 Å². The van der Waals surface area contributed by atoms with Gasteiger partial charge in [-0.25, -0.2) is 9.59 Å². The molecule has 6 nitrogen and oxygen atoms in total. The number of nitrogens with one attached hydrogen (secondary N) is 2. The largest absolute Gasteiger partial charge is 0.348 e. The predicted molar refractivity (Wildman–Crippen MR) is 93.5 cm³/mol. The Morgan fingerprint density at radius 3 is 2.92 bits per heavy atom. The Morgan fingerprint density at radius 1 is 1.29 bits per heavy atom. The molecule has 0 unspecified atom stereocenters. The summed E-state index contributed by atoms with van der Waals surface area (Å²) in [5, 5.41) is 5.72. The Labute approximate surface area is 140 Å². The first-order valence-electron chi connectivity index (χ1n) is 8.25. The number of rotatable bonds is 4. The van der Waals surface area contributed by atoms with Crippen LogP contribution in [-0.2, 0) is 19.4 Å². The van der Waals surface area contributed by atoms with Gasteiger partial charge in [-0.1, -0.05) is 12.1 Å². The summed E-state index contributed by atoms with van der Waals surface area (Å²) in [4.78, 5) is 27.9. The fourth-order valence-corrected chi connectivity index (χ4v) is 3.23. The minimum Gasteiger partial charge on any atom is -0.336 e. The number of carbonyl (C=O) groups is 1. The maximum atomic E-state index is 12.1. The lowest BCUT2D eigenvalue weighted by molar-refractivity contribution is 0.251. The van der Waals surface area contributed by atoms with E-state index < -0.39 is 0 Å². The molecule has 126 valence electrons. The highest BCUT2D eigenvalue weighted by Gasteiger charge is 2.15. The zero-order valence-corrected chi connectivity index (χ0v) is 14.1. The molecule has 1 aliphatic carbocycles. The molecular formula is C18H22N4O2. The maximum absolute atomic E-state index is 12.1. The van der Waals surface area contributed by atoms with Gasteiger partial charge < -0.3 is 10.6 Å². The quantitative estimate of drug-likeness (QED) is 0.904. The Kier molecular flexibility index (Phi) is 4.64. The molecule has 1 aromatic carbocycles. The number of hydrogen-bond acceptors (Lipinski definition) is 3. The van der Waals surface area contributed by atoms with Crippen molar-refractivity contribution in [2.75, 3.05) is 11.9 Å². The van der Waals surface area contributed by atoms with Crippen LogP contribution in [0.1, 0.15) is 28.9 Å². The predicted octanol–water partition coefficient (Wildman–Crippen LogP) is 2.17. The van der Waals surface area contributed by atoms with Gasteiger partial charge in [0, 0.05) is 30.2 Å². The van der Waals surface area contributed by atoms with E-state index in [9.17, 15) is 9.59 Å². The Morgan fingerprint density at radius 2 is 2.12 bits per heavy atom. The molecule has 1 aromatic heterocycles. The summed E-state index contributed by atoms with van der Waals surface area (Å²) >= 11 is 0. The third-order valence-electron chi connectivity index (χ3n) is 4.36. The summed E-state index contributed by atoms with van der Waals surface area (Å²) in [6, 6.07) is 7.63. The molecule has 0 atom stereocenters. The topological polar surface area (TPSA) is 76.0 Å². The van der Waals surface area contributed by atoms with E-state index in [2.05, 4.69) is 21.7 Å². The third-order valence-corrected chi connectivity index (χ3v) is 4.36. The van der Waals surface area contributed by atoms with Gasteiger partial charge in [-0.05, 0) is 56.4 Å². The monoisotopic (exact) mass is 326 g/mol. The van der Waals surface area contributed by atoms with Crippen molar-refractivity contribution in [1.82, 2.24) is 14.9 Å². The van der Waals surface area contributed by atoms with Crippen LogP contribution in [0, 0.1) is 13.8 Å². The number of benzene rings is 1. The standard InChI is InChI=1S/C18H22N4O2/c1-12-11-13(2)22(18(24)20-12)10-9-19-17(23)21-16-8-4-6-14-5-3-7-15(14)16/h4,6,8,11H,3,5,7,9-10H2,1-2H3,(H2,19,21,23). The summed E-state index contributed by atoms with van der Waals surface area (Å²) in [7, 11) is 0. The molecule has 2 N–H and O–H groups in total. The van der Waals surface area contributed by atoms with Crippen molar-refractivity contribution < 1.29 is 4.79 Å². The van der Waals surface area contributed by atoms with Crippen molar-refractivity contribution in [2.24, 2.45) is 0 Å². The lowest BCUT2D eigenvalue weighted by Gasteiger charge is -2.13. The van der Waals surface area contributed by atoms with Crippen LogP contribution >= 0.6 is 0 Å². The summed E-state index contributed by atoms with van der Waals surface area (Å²) in [6.45, 7) is 4.43. The number of urea groups is 1. The van der Waals surface area contributed by atoms with Crippen LogP contribution in [0.4, 0.5) is 10.5 Å². The summed E-state index contributed by atoms with van der Waals surface area (Å²) < 4.78 is 1.56. The molecule has 0 radical (unpaired) electrons. The van der Waals surface area contributed by atoms with Crippen LogP contribution in [0.2, 0.25) is 0 Å². The molecule has 24 heavy (non-hydrogen) atoms. The smallest absolute Gasteiger partial charge is 0.336 e. The zero-order valence-electron chi connectivity index (χ0n) is 14.1. The molecule has 2 amide bonds. The Balaban J connectivity index is 1.57. The lowest BCUT2D eigenvalue weighted by Crippen LogP contribution is -2.35. The minimum absolute atomic E-state index is 0.249. The van der Waals surface area contributed by atoms with Gasteiger partial charge in [-0.3, -0.25) is 4.57 Å². The van der Waals surface area contributed by atoms with Gasteiger partial charge >= 0.3 is 11.7 Å². The normalized spacial score (nSPS) is 12.8. The highest BCUT2D eigenvalue weighted by molar-refractivity contribution is 5.90. The molecule has 1 aliphatic rings. The fraction of sp³-hybridized carbons (Fsp3) is 0.389. The Bertz CT molecular complexity index is 826. The second-order valence-corrected chi connectivity index (χ2v) is 6.15. The third kappa shape index (κ3) is 3.48. The number of aromatic nitrogens is 2. The van der Waals surface area contributed by atoms with Gasteiger partial charge in [0.2, 0.25) is 0 Å². The summed E-state index contributed by atoms with van der Waals surface area (Å²) in [6.07, 6.45) is 3.22. The van der Waals surface area contributed by atoms with Crippen LogP contribution < -0.4 is 16.3 Å². The van der Waals surface area contributed by atoms with E-state index in [0.29, 0.717) is 18.8 Å². The first-order valence-corrected chi connectivity index (χ1v) is 8.25. The molecule has 0 saturated carbocycles. The number of hydrogen-bond donors (Lipinski definition) is 2. The van der Waals surface area contributed by atoms with E-state index in [1.165, 1.54) is 11.1 Å². The molecule has 2 aromatic rings. The average Bonchev–Trinajstić information content (AvgIpc) is 2.99. The van der Waals surface area contributed by atoms with Gasteiger partial charge in [-0.15, -0.1) is 0 Å². The molecule has 0 bridgehead atoms. The highest BCUT2D eigenvalue weighted by atomic mass is 16.2. The zero-order chi connectivity index (χ0) is 17.1. The van der Waals surface area contributed by atoms with Gasteiger partial charge in [0.1, 0.15) is 0 Å². The van der Waals surface area contributed by atoms with Crippen molar-refractivity contribution >= 4 is 11.7 Å². The molecule has 3 rings (SSSR count). The Hall–Kier alpha value is -2.63. The lowest BCUT2D eigenvalue weighted by atomic mass is 10.1. The van der Waals surface area contributed by atoms with Crippen molar-refractivity contribution in [3.8, 4) is 0 Å². The van der Waals surface area contributed by atoms with Gasteiger partial charge in [0.15, 0.2) is 0 Å². The number of nitrogens with zero attached hydrogens (tertiary/aromatic N) is 2. The van der Waals surface area contributed by atoms with E-state index in [1.54, 1.807) is 11.5 Å². The van der Waals surface area contributed by atoms with E-state index in [-0.39, 0.29) is 11.7 Å². The molecule has 6 heteroatoms. The number of amides is 2. The van der Waals surface area contributed by atoms with Crippen LogP contribution in [-0.4, -0.2) is 22.1 Å². The SMILES string of the molecule is Cc1cc(C)n(CCNC(=O)Nc2cccc3c2CCC3)c(=O)n1. The number of carbonyl (C=O) groups excluding carboxylic acids is 1. The van der Waals surface area contributed by atoms with Crippen molar-refractivity contribution in [2.45, 2.75) is 39.7 Å². The van der Waals surface area contributed by atoms with E-state index in [1.807, 2.05) is 25.1 Å². The van der Waals surface area contributed by atoms with Crippen LogP contribution in [0.3, 0.4) is 0 Å². The summed E-state index contributed by atoms with van der Waals surface area (Å²) in [5.74, 6) is 0. The first kappa shape index (κ1) is 16.2. The van der Waals surface area contributed by atoms with E-state index in [0.717, 1.165) is 30.6 Å². The van der Waals surface area contributed by atoms with Gasteiger partial charge in [0.25, 0.3) is 0 Å². The van der Waals surface area contributed by atoms with E-state index >= 15 is 0 Å². The second kappa shape index (κ2) is 6.86. The van der Waals surface area contributed by atoms with Gasteiger partial charge in [-0.2, -0.15) is 4.98 Å². The molecule has 0 spiro atoms. The number of aryl methyl sites for hydroxylation is 3. The van der Waals surface area contributed by atoms with Crippen LogP contribution in [0.15, 0.2) is 29.1 Å². The fourth-order valence-electron chi connectivity index (χ4n) is 3.23.